The molecule has 0 bridgehead atoms. The van der Waals surface area contributed by atoms with Gasteiger partial charge in [-0.05, 0) is 24.6 Å². The first-order valence-electron chi connectivity index (χ1n) is 6.17. The van der Waals surface area contributed by atoms with E-state index < -0.39 is 23.8 Å². The minimum absolute atomic E-state index is 0.0740. The summed E-state index contributed by atoms with van der Waals surface area (Å²) in [7, 11) is 1.27. The Morgan fingerprint density at radius 2 is 2.10 bits per heavy atom. The molecule has 3 N–H and O–H groups in total. The Balaban J connectivity index is 2.81. The number of alkyl halides is 3. The van der Waals surface area contributed by atoms with Crippen molar-refractivity contribution in [2.75, 3.05) is 13.7 Å². The average molecular weight is 306 g/mol. The van der Waals surface area contributed by atoms with Gasteiger partial charge in [0, 0.05) is 6.54 Å². The lowest BCUT2D eigenvalue weighted by Gasteiger charge is -2.16. The Bertz CT molecular complexity index is 492. The van der Waals surface area contributed by atoms with Crippen molar-refractivity contribution in [1.29, 1.82) is 0 Å². The van der Waals surface area contributed by atoms with Crippen molar-refractivity contribution < 1.29 is 27.8 Å². The summed E-state index contributed by atoms with van der Waals surface area (Å²) in [6.07, 6.45) is -4.54. The number of benzene rings is 1. The second-order valence-electron chi connectivity index (χ2n) is 4.43. The first-order chi connectivity index (χ1) is 9.77. The molecule has 0 aliphatic carbocycles. The van der Waals surface area contributed by atoms with Crippen LogP contribution in [0.1, 0.15) is 18.1 Å². The van der Waals surface area contributed by atoms with Crippen LogP contribution < -0.4 is 15.4 Å². The fourth-order valence-electron chi connectivity index (χ4n) is 1.60. The second kappa shape index (κ2) is 7.16. The fraction of sp³-hybridized carbons (Fsp3) is 0.462. The Hall–Kier alpha value is -1.96. The molecule has 21 heavy (non-hydrogen) atoms. The number of hydrogen-bond acceptors (Lipinski definition) is 3. The Labute approximate surface area is 120 Å². The lowest BCUT2D eigenvalue weighted by molar-refractivity contribution is -0.138. The fourth-order valence-corrected chi connectivity index (χ4v) is 1.60. The Morgan fingerprint density at radius 3 is 2.62 bits per heavy atom. The van der Waals surface area contributed by atoms with E-state index in [0.29, 0.717) is 0 Å². The summed E-state index contributed by atoms with van der Waals surface area (Å²) in [6.45, 7) is 1.01. The van der Waals surface area contributed by atoms with Crippen molar-refractivity contribution in [2.24, 2.45) is 0 Å². The van der Waals surface area contributed by atoms with Crippen molar-refractivity contribution in [3.8, 4) is 5.75 Å². The molecule has 5 nitrogen and oxygen atoms in total. The van der Waals surface area contributed by atoms with Crippen LogP contribution in [0, 0.1) is 0 Å². The number of methoxy groups -OCH3 is 1. The highest BCUT2D eigenvalue weighted by Gasteiger charge is 2.33. The van der Waals surface area contributed by atoms with Gasteiger partial charge in [0.05, 0.1) is 25.3 Å². The number of ether oxygens (including phenoxy) is 1. The van der Waals surface area contributed by atoms with Crippen LogP contribution in [0.15, 0.2) is 18.2 Å². The largest absolute Gasteiger partial charge is 0.497 e. The molecule has 0 radical (unpaired) electrons. The van der Waals surface area contributed by atoms with Gasteiger partial charge in [-0.3, -0.25) is 0 Å². The van der Waals surface area contributed by atoms with Gasteiger partial charge >= 0.3 is 12.2 Å². The van der Waals surface area contributed by atoms with E-state index >= 15 is 0 Å². The molecular formula is C13H17F3N2O3. The minimum atomic E-state index is -4.54. The molecule has 0 unspecified atom stereocenters. The topological polar surface area (TPSA) is 70.6 Å². The molecule has 0 saturated carbocycles. The first kappa shape index (κ1) is 17.1. The van der Waals surface area contributed by atoms with Gasteiger partial charge in [-0.25, -0.2) is 4.79 Å². The molecule has 0 heterocycles. The summed E-state index contributed by atoms with van der Waals surface area (Å²) in [6, 6.07) is 2.38. The summed E-state index contributed by atoms with van der Waals surface area (Å²) >= 11 is 0. The van der Waals surface area contributed by atoms with Crippen LogP contribution in [-0.4, -0.2) is 30.9 Å². The number of aliphatic hydroxyl groups excluding tert-OH is 1. The van der Waals surface area contributed by atoms with Gasteiger partial charge in [-0.15, -0.1) is 0 Å². The molecule has 0 aliphatic heterocycles. The third-order valence-corrected chi connectivity index (χ3v) is 2.71. The zero-order valence-corrected chi connectivity index (χ0v) is 11.6. The van der Waals surface area contributed by atoms with Gasteiger partial charge in [0.1, 0.15) is 5.75 Å². The predicted molar refractivity (Wildman–Crippen MR) is 69.9 cm³/mol. The van der Waals surface area contributed by atoms with Crippen LogP contribution in [0.2, 0.25) is 0 Å². The third kappa shape index (κ3) is 5.14. The van der Waals surface area contributed by atoms with E-state index in [1.807, 2.05) is 0 Å². The van der Waals surface area contributed by atoms with E-state index in [2.05, 4.69) is 10.6 Å². The van der Waals surface area contributed by atoms with Gasteiger partial charge in [0.2, 0.25) is 0 Å². The van der Waals surface area contributed by atoms with E-state index in [-0.39, 0.29) is 24.5 Å². The first-order valence-corrected chi connectivity index (χ1v) is 6.17. The molecular weight excluding hydrogens is 289 g/mol. The maximum atomic E-state index is 12.9. The van der Waals surface area contributed by atoms with E-state index in [4.69, 9.17) is 9.84 Å². The number of aliphatic hydroxyl groups is 1. The zero-order valence-electron chi connectivity index (χ0n) is 11.6. The number of rotatable bonds is 5. The molecule has 0 spiro atoms. The van der Waals surface area contributed by atoms with Gasteiger partial charge in [-0.2, -0.15) is 13.2 Å². The summed E-state index contributed by atoms with van der Waals surface area (Å²) < 4.78 is 43.6. The van der Waals surface area contributed by atoms with Crippen LogP contribution in [0.25, 0.3) is 0 Å². The second-order valence-corrected chi connectivity index (χ2v) is 4.43. The van der Waals surface area contributed by atoms with E-state index in [0.717, 1.165) is 6.07 Å². The third-order valence-electron chi connectivity index (χ3n) is 2.71. The summed E-state index contributed by atoms with van der Waals surface area (Å²) in [5.41, 5.74) is -0.938. The normalized spacial score (nSPS) is 12.7. The van der Waals surface area contributed by atoms with Crippen molar-refractivity contribution in [3.05, 3.63) is 29.3 Å². The van der Waals surface area contributed by atoms with E-state index in [1.165, 1.54) is 19.2 Å². The van der Waals surface area contributed by atoms with Crippen LogP contribution in [0.5, 0.6) is 5.75 Å². The Morgan fingerprint density at radius 1 is 1.43 bits per heavy atom. The zero-order chi connectivity index (χ0) is 16.0. The standard InChI is InChI=1S/C13H17F3N2O3/c1-8(7-19)18-12(20)17-6-9-3-4-10(21-2)5-11(9)13(14,15)16/h3-5,8,19H,6-7H2,1-2H3,(H2,17,18,20)/t8-/m0/s1. The molecule has 8 heteroatoms. The van der Waals surface area contributed by atoms with Crippen molar-refractivity contribution in [1.82, 2.24) is 10.6 Å². The predicted octanol–water partition coefficient (Wildman–Crippen LogP) is 1.89. The van der Waals surface area contributed by atoms with Crippen molar-refractivity contribution in [3.63, 3.8) is 0 Å². The quantitative estimate of drug-likeness (QED) is 0.778. The highest BCUT2D eigenvalue weighted by Crippen LogP contribution is 2.34. The molecule has 0 saturated heterocycles. The molecule has 2 amide bonds. The van der Waals surface area contributed by atoms with Crippen LogP contribution in [0.4, 0.5) is 18.0 Å². The summed E-state index contributed by atoms with van der Waals surface area (Å²) in [4.78, 5) is 11.4. The molecule has 0 aliphatic rings. The molecule has 1 aromatic rings. The number of carbonyl (C=O) groups excluding carboxylic acids is 1. The van der Waals surface area contributed by atoms with Crippen LogP contribution in [0.3, 0.4) is 0 Å². The molecule has 1 aromatic carbocycles. The molecule has 0 aromatic heterocycles. The molecule has 118 valence electrons. The number of nitrogens with one attached hydrogen (secondary N) is 2. The maximum Gasteiger partial charge on any atom is 0.416 e. The van der Waals surface area contributed by atoms with Gasteiger partial charge < -0.3 is 20.5 Å². The highest BCUT2D eigenvalue weighted by atomic mass is 19.4. The SMILES string of the molecule is COc1ccc(CNC(=O)N[C@@H](C)CO)c(C(F)(F)F)c1. The van der Waals surface area contributed by atoms with Crippen molar-refractivity contribution in [2.45, 2.75) is 25.7 Å². The van der Waals surface area contributed by atoms with Crippen LogP contribution in [-0.2, 0) is 12.7 Å². The number of amides is 2. The lowest BCUT2D eigenvalue weighted by atomic mass is 10.1. The van der Waals surface area contributed by atoms with Crippen molar-refractivity contribution >= 4 is 6.03 Å². The van der Waals surface area contributed by atoms with Gasteiger partial charge in [0.15, 0.2) is 0 Å². The van der Waals surface area contributed by atoms with Crippen LogP contribution >= 0.6 is 0 Å². The number of hydrogen-bond donors (Lipinski definition) is 3. The number of halogens is 3. The average Bonchev–Trinajstić information content (AvgIpc) is 2.43. The molecule has 1 atom stereocenters. The van der Waals surface area contributed by atoms with E-state index in [1.54, 1.807) is 6.92 Å². The lowest BCUT2D eigenvalue weighted by Crippen LogP contribution is -2.42. The number of carbonyl (C=O) groups is 1. The summed E-state index contributed by atoms with van der Waals surface area (Å²) in [5.74, 6) is 0.0874. The summed E-state index contributed by atoms with van der Waals surface area (Å²) in [5, 5.41) is 13.5. The van der Waals surface area contributed by atoms with Gasteiger partial charge in [-0.1, -0.05) is 6.07 Å². The number of urea groups is 1. The van der Waals surface area contributed by atoms with E-state index in [9.17, 15) is 18.0 Å². The monoisotopic (exact) mass is 306 g/mol. The smallest absolute Gasteiger partial charge is 0.416 e. The highest BCUT2D eigenvalue weighted by molar-refractivity contribution is 5.74. The minimum Gasteiger partial charge on any atom is -0.497 e. The Kier molecular flexibility index (Phi) is 5.83. The molecule has 1 rings (SSSR count). The van der Waals surface area contributed by atoms with Gasteiger partial charge in [0.25, 0.3) is 0 Å². The molecule has 0 fully saturated rings. The maximum absolute atomic E-state index is 12.9.